The predicted octanol–water partition coefficient (Wildman–Crippen LogP) is 0.804. The van der Waals surface area contributed by atoms with Crippen LogP contribution < -0.4 is 5.10 Å². The van der Waals surface area contributed by atoms with Crippen molar-refractivity contribution in [3.63, 3.8) is 0 Å². The molecule has 0 amide bonds. The average molecular weight is 267 g/mol. The fourth-order valence-corrected chi connectivity index (χ4v) is 0.930. The SMILES string of the molecule is Oc1ccc(-c2ncn[n-]2)cc1.[Pd]. The standard InChI is InChI=1S/C8H6N3O.Pd/c12-7-3-1-6(2-4-7)8-9-5-10-11-8;/h1-5H,(H-,9,10,11,12);/q-1;. The molecule has 1 heterocycles. The first-order valence-corrected chi connectivity index (χ1v) is 3.46. The van der Waals surface area contributed by atoms with Crippen molar-refractivity contribution in [1.29, 1.82) is 0 Å². The van der Waals surface area contributed by atoms with Crippen molar-refractivity contribution in [1.82, 2.24) is 15.2 Å². The topological polar surface area (TPSA) is 60.1 Å². The molecule has 0 aliphatic rings. The molecule has 1 N–H and O–H groups in total. The Morgan fingerprint density at radius 3 is 2.38 bits per heavy atom. The molecule has 0 aliphatic heterocycles. The second kappa shape index (κ2) is 4.17. The Balaban J connectivity index is 0.000000845. The minimum absolute atomic E-state index is 0. The van der Waals surface area contributed by atoms with E-state index in [0.29, 0.717) is 5.82 Å². The van der Waals surface area contributed by atoms with Gasteiger partial charge in [0.05, 0.1) is 0 Å². The molecule has 2 rings (SSSR count). The van der Waals surface area contributed by atoms with Crippen LogP contribution in [-0.4, -0.2) is 15.2 Å². The number of benzene rings is 1. The van der Waals surface area contributed by atoms with Gasteiger partial charge in [-0.2, -0.15) is 0 Å². The fraction of sp³-hybridized carbons (Fsp3) is 0. The van der Waals surface area contributed by atoms with Gasteiger partial charge in [0.25, 0.3) is 0 Å². The number of hydrogen-bond acceptors (Lipinski definition) is 3. The van der Waals surface area contributed by atoms with E-state index < -0.39 is 0 Å². The summed E-state index contributed by atoms with van der Waals surface area (Å²) in [4.78, 5) is 3.91. The summed E-state index contributed by atoms with van der Waals surface area (Å²) in [5.74, 6) is 0.813. The number of nitrogens with zero attached hydrogens (tertiary/aromatic N) is 3. The normalized spacial score (nSPS) is 9.23. The summed E-state index contributed by atoms with van der Waals surface area (Å²) < 4.78 is 0. The van der Waals surface area contributed by atoms with Crippen LogP contribution >= 0.6 is 0 Å². The molecule has 0 saturated heterocycles. The molecule has 13 heavy (non-hydrogen) atoms. The minimum Gasteiger partial charge on any atom is -0.508 e. The molecule has 0 atom stereocenters. The van der Waals surface area contributed by atoms with E-state index in [1.165, 1.54) is 6.33 Å². The third-order valence-corrected chi connectivity index (χ3v) is 1.51. The van der Waals surface area contributed by atoms with E-state index in [0.717, 1.165) is 5.56 Å². The third kappa shape index (κ3) is 2.14. The molecule has 0 fully saturated rings. The van der Waals surface area contributed by atoms with Crippen LogP contribution in [0.2, 0.25) is 0 Å². The fourth-order valence-electron chi connectivity index (χ4n) is 0.930. The molecule has 0 unspecified atom stereocenters. The quantitative estimate of drug-likeness (QED) is 0.776. The molecule has 1 aromatic carbocycles. The van der Waals surface area contributed by atoms with Crippen molar-refractivity contribution in [2.24, 2.45) is 0 Å². The van der Waals surface area contributed by atoms with Gasteiger partial charge >= 0.3 is 0 Å². The van der Waals surface area contributed by atoms with Crippen molar-refractivity contribution in [2.45, 2.75) is 0 Å². The van der Waals surface area contributed by atoms with Crippen molar-refractivity contribution in [3.05, 3.63) is 30.6 Å². The maximum atomic E-state index is 9.00. The van der Waals surface area contributed by atoms with E-state index in [2.05, 4.69) is 15.2 Å². The van der Waals surface area contributed by atoms with Crippen molar-refractivity contribution < 1.29 is 25.5 Å². The second-order valence-electron chi connectivity index (χ2n) is 2.33. The summed E-state index contributed by atoms with van der Waals surface area (Å²) in [6.45, 7) is 0. The van der Waals surface area contributed by atoms with Gasteiger partial charge in [0, 0.05) is 26.8 Å². The largest absolute Gasteiger partial charge is 0.508 e. The average Bonchev–Trinajstić information content (AvgIpc) is 2.58. The molecule has 5 heteroatoms. The number of aromatic hydroxyl groups is 1. The van der Waals surface area contributed by atoms with Crippen LogP contribution in [0.25, 0.3) is 11.4 Å². The first-order chi connectivity index (χ1) is 5.86. The Bertz CT molecular complexity index is 357. The second-order valence-corrected chi connectivity index (χ2v) is 2.33. The van der Waals surface area contributed by atoms with Crippen LogP contribution in [-0.2, 0) is 20.4 Å². The van der Waals surface area contributed by atoms with E-state index in [-0.39, 0.29) is 26.2 Å². The summed E-state index contributed by atoms with van der Waals surface area (Å²) in [6.07, 6.45) is 1.39. The predicted molar refractivity (Wildman–Crippen MR) is 42.5 cm³/mol. The summed E-state index contributed by atoms with van der Waals surface area (Å²) in [7, 11) is 0. The molecular formula is C8H6N3OPd-. The van der Waals surface area contributed by atoms with Gasteiger partial charge in [0.15, 0.2) is 0 Å². The molecule has 0 radical (unpaired) electrons. The van der Waals surface area contributed by atoms with Crippen molar-refractivity contribution in [2.75, 3.05) is 0 Å². The van der Waals surface area contributed by atoms with E-state index in [1.54, 1.807) is 24.3 Å². The molecule has 0 saturated carbocycles. The summed E-state index contributed by atoms with van der Waals surface area (Å²) >= 11 is 0. The molecule has 0 bridgehead atoms. The van der Waals surface area contributed by atoms with Crippen LogP contribution in [0, 0.1) is 0 Å². The first kappa shape index (κ1) is 9.91. The van der Waals surface area contributed by atoms with Gasteiger partial charge in [-0.3, -0.25) is 5.10 Å². The molecule has 0 spiro atoms. The summed E-state index contributed by atoms with van der Waals surface area (Å²) in [5.41, 5.74) is 0.852. The van der Waals surface area contributed by atoms with Gasteiger partial charge in [0.1, 0.15) is 5.75 Å². The van der Waals surface area contributed by atoms with Gasteiger partial charge in [-0.1, -0.05) is 12.1 Å². The number of phenolic OH excluding ortho intramolecular Hbond substituents is 1. The van der Waals surface area contributed by atoms with Crippen LogP contribution in [0.3, 0.4) is 0 Å². The van der Waals surface area contributed by atoms with E-state index in [9.17, 15) is 0 Å². The maximum absolute atomic E-state index is 9.00. The zero-order chi connectivity index (χ0) is 8.39. The Labute approximate surface area is 88.7 Å². The molecule has 1 aromatic heterocycles. The Hall–Kier alpha value is -1.18. The molecular weight excluding hydrogens is 261 g/mol. The van der Waals surface area contributed by atoms with E-state index >= 15 is 0 Å². The Kier molecular flexibility index (Phi) is 3.18. The number of hydrogen-bond donors (Lipinski definition) is 1. The van der Waals surface area contributed by atoms with Crippen LogP contribution in [0.5, 0.6) is 5.75 Å². The van der Waals surface area contributed by atoms with Crippen molar-refractivity contribution >= 4 is 0 Å². The van der Waals surface area contributed by atoms with Gasteiger partial charge in [-0.05, 0) is 23.5 Å². The minimum atomic E-state index is 0. The monoisotopic (exact) mass is 266 g/mol. The molecule has 0 aliphatic carbocycles. The molecule has 70 valence electrons. The number of phenols is 1. The maximum Gasteiger partial charge on any atom is 0.115 e. The van der Waals surface area contributed by atoms with Crippen LogP contribution in [0.1, 0.15) is 0 Å². The third-order valence-electron chi connectivity index (χ3n) is 1.51. The zero-order valence-corrected chi connectivity index (χ0v) is 8.05. The van der Waals surface area contributed by atoms with Gasteiger partial charge in [-0.25, -0.2) is 0 Å². The first-order valence-electron chi connectivity index (χ1n) is 3.46. The van der Waals surface area contributed by atoms with E-state index in [1.807, 2.05) is 0 Å². The summed E-state index contributed by atoms with van der Waals surface area (Å²) in [6, 6.07) is 6.66. The van der Waals surface area contributed by atoms with Crippen LogP contribution in [0.15, 0.2) is 30.6 Å². The Morgan fingerprint density at radius 1 is 1.15 bits per heavy atom. The number of rotatable bonds is 1. The zero-order valence-electron chi connectivity index (χ0n) is 6.49. The van der Waals surface area contributed by atoms with Gasteiger partial charge in [-0.15, -0.1) is 0 Å². The smallest absolute Gasteiger partial charge is 0.115 e. The Morgan fingerprint density at radius 2 is 1.85 bits per heavy atom. The molecule has 4 nitrogen and oxygen atoms in total. The number of aromatic nitrogens is 3. The summed E-state index contributed by atoms with van der Waals surface area (Å²) in [5, 5.41) is 16.4. The molecule has 2 aromatic rings. The van der Waals surface area contributed by atoms with Gasteiger partial charge in [0.2, 0.25) is 0 Å². The van der Waals surface area contributed by atoms with Crippen LogP contribution in [0.4, 0.5) is 0 Å². The van der Waals surface area contributed by atoms with E-state index in [4.69, 9.17) is 5.11 Å². The van der Waals surface area contributed by atoms with Crippen molar-refractivity contribution in [3.8, 4) is 17.1 Å². The van der Waals surface area contributed by atoms with Gasteiger partial charge < -0.3 is 15.2 Å².